The van der Waals surface area contributed by atoms with Gasteiger partial charge in [0.05, 0.1) is 13.0 Å². The minimum atomic E-state index is -0.491. The number of methoxy groups -OCH3 is 1. The topological polar surface area (TPSA) is 68.5 Å². The molecule has 5 rings (SSSR count). The fourth-order valence-corrected chi connectivity index (χ4v) is 4.17. The van der Waals surface area contributed by atoms with Gasteiger partial charge in [-0.2, -0.15) is 4.98 Å². The van der Waals surface area contributed by atoms with Crippen LogP contribution in [-0.4, -0.2) is 29.7 Å². The number of rotatable bonds is 4. The van der Waals surface area contributed by atoms with E-state index in [0.29, 0.717) is 30.2 Å². The number of fused-ring (bicyclic) bond motifs is 1. The van der Waals surface area contributed by atoms with Gasteiger partial charge in [-0.1, -0.05) is 11.2 Å². The van der Waals surface area contributed by atoms with E-state index in [2.05, 4.69) is 22.3 Å². The molecule has 2 heterocycles. The van der Waals surface area contributed by atoms with Crippen molar-refractivity contribution in [2.24, 2.45) is 0 Å². The van der Waals surface area contributed by atoms with Crippen LogP contribution in [0.5, 0.6) is 5.75 Å². The summed E-state index contributed by atoms with van der Waals surface area (Å²) in [6.07, 6.45) is 3.67. The average Bonchev–Trinajstić information content (AvgIpc) is 3.46. The van der Waals surface area contributed by atoms with Crippen LogP contribution >= 0.6 is 0 Å². The van der Waals surface area contributed by atoms with E-state index < -0.39 is 5.82 Å². The van der Waals surface area contributed by atoms with Crippen LogP contribution in [0.3, 0.4) is 0 Å². The normalized spacial score (nSPS) is 18.3. The number of ether oxygens (including phenoxy) is 1. The third kappa shape index (κ3) is 3.16. The summed E-state index contributed by atoms with van der Waals surface area (Å²) < 4.78 is 24.3. The molecule has 1 aliphatic heterocycles. The highest BCUT2D eigenvalue weighted by atomic mass is 19.1. The maximum atomic E-state index is 14.0. The van der Waals surface area contributed by atoms with Gasteiger partial charge < -0.3 is 14.2 Å². The van der Waals surface area contributed by atoms with E-state index in [1.54, 1.807) is 11.0 Å². The Morgan fingerprint density at radius 1 is 1.17 bits per heavy atom. The second-order valence-corrected chi connectivity index (χ2v) is 7.52. The summed E-state index contributed by atoms with van der Waals surface area (Å²) in [4.78, 5) is 18.8. The molecule has 6 nitrogen and oxygen atoms in total. The predicted molar refractivity (Wildman–Crippen MR) is 104 cm³/mol. The van der Waals surface area contributed by atoms with Crippen LogP contribution < -0.4 is 9.64 Å². The molecular weight excluding hydrogens is 373 g/mol. The molecule has 1 fully saturated rings. The Hall–Kier alpha value is -3.22. The first-order valence-corrected chi connectivity index (χ1v) is 9.72. The first-order valence-electron chi connectivity index (χ1n) is 9.72. The molecule has 1 amide bonds. The third-order valence-electron chi connectivity index (χ3n) is 5.72. The zero-order valence-electron chi connectivity index (χ0n) is 16.0. The molecule has 148 valence electrons. The fraction of sp³-hybridized carbons (Fsp3) is 0.318. The Kier molecular flexibility index (Phi) is 4.30. The van der Waals surface area contributed by atoms with E-state index in [4.69, 9.17) is 9.26 Å². The number of amides is 1. The molecular formula is C22H20FN3O3. The van der Waals surface area contributed by atoms with Gasteiger partial charge in [-0.25, -0.2) is 4.39 Å². The molecule has 0 radical (unpaired) electrons. The lowest BCUT2D eigenvalue weighted by Gasteiger charge is -2.17. The maximum absolute atomic E-state index is 14.0. The maximum Gasteiger partial charge on any atom is 0.232 e. The molecule has 0 N–H and O–H groups in total. The highest BCUT2D eigenvalue weighted by molar-refractivity contribution is 5.96. The van der Waals surface area contributed by atoms with Crippen LogP contribution in [0.4, 0.5) is 10.1 Å². The lowest BCUT2D eigenvalue weighted by molar-refractivity contribution is -0.117. The second-order valence-electron chi connectivity index (χ2n) is 7.52. The molecule has 1 atom stereocenters. The van der Waals surface area contributed by atoms with Crippen LogP contribution in [0.15, 0.2) is 40.9 Å². The number of hydrogen-bond donors (Lipinski definition) is 0. The van der Waals surface area contributed by atoms with Crippen molar-refractivity contribution in [3.63, 3.8) is 0 Å². The predicted octanol–water partition coefficient (Wildman–Crippen LogP) is 3.89. The Labute approximate surface area is 167 Å². The van der Waals surface area contributed by atoms with Gasteiger partial charge in [0, 0.05) is 24.2 Å². The summed E-state index contributed by atoms with van der Waals surface area (Å²) in [5, 5.41) is 3.97. The molecule has 2 aromatic carbocycles. The number of hydrogen-bond acceptors (Lipinski definition) is 5. The van der Waals surface area contributed by atoms with Gasteiger partial charge in [0.1, 0.15) is 0 Å². The summed E-state index contributed by atoms with van der Waals surface area (Å²) in [5.74, 6) is 0.223. The quantitative estimate of drug-likeness (QED) is 0.673. The van der Waals surface area contributed by atoms with E-state index in [1.807, 2.05) is 6.07 Å². The molecule has 2 aliphatic rings. The van der Waals surface area contributed by atoms with Crippen molar-refractivity contribution in [1.82, 2.24) is 10.1 Å². The number of carbonyl (C=O) groups is 1. The summed E-state index contributed by atoms with van der Waals surface area (Å²) in [7, 11) is 1.41. The summed E-state index contributed by atoms with van der Waals surface area (Å²) in [5.41, 5.74) is 4.14. The zero-order valence-corrected chi connectivity index (χ0v) is 16.0. The number of aryl methyl sites for hydroxylation is 2. The monoisotopic (exact) mass is 393 g/mol. The van der Waals surface area contributed by atoms with Gasteiger partial charge >= 0.3 is 0 Å². The summed E-state index contributed by atoms with van der Waals surface area (Å²) in [6, 6.07) is 10.8. The number of aromatic nitrogens is 2. The van der Waals surface area contributed by atoms with Gasteiger partial charge in [0.25, 0.3) is 0 Å². The van der Waals surface area contributed by atoms with Crippen molar-refractivity contribution >= 4 is 11.6 Å². The largest absolute Gasteiger partial charge is 0.494 e. The van der Waals surface area contributed by atoms with Crippen molar-refractivity contribution < 1.29 is 18.4 Å². The van der Waals surface area contributed by atoms with E-state index in [9.17, 15) is 9.18 Å². The highest BCUT2D eigenvalue weighted by Gasteiger charge is 2.35. The number of anilines is 1. The van der Waals surface area contributed by atoms with Crippen molar-refractivity contribution in [1.29, 1.82) is 0 Å². The van der Waals surface area contributed by atoms with Crippen LogP contribution in [0, 0.1) is 5.82 Å². The van der Waals surface area contributed by atoms with E-state index in [-0.39, 0.29) is 17.6 Å². The number of halogens is 1. The first kappa shape index (κ1) is 17.8. The highest BCUT2D eigenvalue weighted by Crippen LogP contribution is 2.34. The molecule has 1 aromatic heterocycles. The van der Waals surface area contributed by atoms with E-state index in [0.717, 1.165) is 18.5 Å². The number of benzene rings is 2. The third-order valence-corrected chi connectivity index (χ3v) is 5.72. The number of nitrogens with zero attached hydrogens (tertiary/aromatic N) is 3. The van der Waals surface area contributed by atoms with Gasteiger partial charge in [-0.3, -0.25) is 4.79 Å². The van der Waals surface area contributed by atoms with Crippen molar-refractivity contribution in [3.05, 3.63) is 59.2 Å². The second kappa shape index (κ2) is 6.99. The van der Waals surface area contributed by atoms with Crippen molar-refractivity contribution in [2.75, 3.05) is 18.6 Å². The van der Waals surface area contributed by atoms with E-state index in [1.165, 1.54) is 36.8 Å². The standard InChI is InChI=1S/C22H20FN3O3/c1-28-19-8-6-15(10-18(19)23)21-24-22(29-25-21)16-11-20(27)26(12-16)17-7-5-13-3-2-4-14(13)9-17/h5-10,16H,2-4,11-12H2,1H3. The Morgan fingerprint density at radius 2 is 2.03 bits per heavy atom. The summed E-state index contributed by atoms with van der Waals surface area (Å²) >= 11 is 0. The lowest BCUT2D eigenvalue weighted by Crippen LogP contribution is -2.24. The van der Waals surface area contributed by atoms with Crippen molar-refractivity contribution in [3.8, 4) is 17.1 Å². The molecule has 1 saturated heterocycles. The van der Waals surface area contributed by atoms with Gasteiger partial charge in [0.2, 0.25) is 17.6 Å². The van der Waals surface area contributed by atoms with Gasteiger partial charge in [-0.15, -0.1) is 0 Å². The summed E-state index contributed by atoms with van der Waals surface area (Å²) in [6.45, 7) is 0.496. The molecule has 3 aromatic rings. The minimum Gasteiger partial charge on any atom is -0.494 e. The molecule has 1 unspecified atom stereocenters. The van der Waals surface area contributed by atoms with Crippen LogP contribution in [0.25, 0.3) is 11.4 Å². The Bertz CT molecular complexity index is 1090. The lowest BCUT2D eigenvalue weighted by atomic mass is 10.1. The Balaban J connectivity index is 1.36. The van der Waals surface area contributed by atoms with Crippen LogP contribution in [0.2, 0.25) is 0 Å². The number of carbonyl (C=O) groups excluding carboxylic acids is 1. The minimum absolute atomic E-state index is 0.0446. The van der Waals surface area contributed by atoms with Gasteiger partial charge in [0.15, 0.2) is 11.6 Å². The van der Waals surface area contributed by atoms with Crippen molar-refractivity contribution in [2.45, 2.75) is 31.6 Å². The molecule has 1 aliphatic carbocycles. The Morgan fingerprint density at radius 3 is 2.86 bits per heavy atom. The first-order chi connectivity index (χ1) is 14.1. The molecule has 0 bridgehead atoms. The molecule has 29 heavy (non-hydrogen) atoms. The smallest absolute Gasteiger partial charge is 0.232 e. The fourth-order valence-electron chi connectivity index (χ4n) is 4.17. The average molecular weight is 393 g/mol. The van der Waals surface area contributed by atoms with Gasteiger partial charge in [-0.05, 0) is 60.7 Å². The molecule has 0 spiro atoms. The molecule has 7 heteroatoms. The van der Waals surface area contributed by atoms with E-state index >= 15 is 0 Å². The van der Waals surface area contributed by atoms with Crippen LogP contribution in [-0.2, 0) is 17.6 Å². The SMILES string of the molecule is COc1ccc(-c2noc(C3CC(=O)N(c4ccc5c(c4)CCC5)C3)n2)cc1F. The van der Waals surface area contributed by atoms with Crippen LogP contribution in [0.1, 0.15) is 35.8 Å². The zero-order chi connectivity index (χ0) is 20.0. The molecule has 0 saturated carbocycles.